The van der Waals surface area contributed by atoms with E-state index in [9.17, 15) is 10.2 Å². The summed E-state index contributed by atoms with van der Waals surface area (Å²) in [5.41, 5.74) is 3.43. The fraction of sp³-hybridized carbons (Fsp3) is 0.440. The molecule has 0 fully saturated rings. The van der Waals surface area contributed by atoms with Crippen molar-refractivity contribution in [1.82, 2.24) is 0 Å². The van der Waals surface area contributed by atoms with Crippen LogP contribution in [0.25, 0.3) is 0 Å². The first-order valence-electron chi connectivity index (χ1n) is 11.1. The summed E-state index contributed by atoms with van der Waals surface area (Å²) in [6, 6.07) is 8.39. The minimum absolute atomic E-state index is 0.246. The van der Waals surface area contributed by atoms with Crippen LogP contribution in [-0.2, 0) is 12.8 Å². The number of nitrogens with zero attached hydrogens (tertiary/aromatic N) is 2. The number of rotatable bonds is 8. The van der Waals surface area contributed by atoms with Crippen LogP contribution in [0.15, 0.2) is 34.3 Å². The predicted molar refractivity (Wildman–Crippen MR) is 141 cm³/mol. The highest BCUT2D eigenvalue weighted by molar-refractivity contribution is 6.89. The summed E-state index contributed by atoms with van der Waals surface area (Å²) in [4.78, 5) is 8.84. The van der Waals surface area contributed by atoms with Crippen molar-refractivity contribution in [1.29, 1.82) is 0 Å². The average Bonchev–Trinajstić information content (AvgIpc) is 2.68. The maximum absolute atomic E-state index is 10.6. The predicted octanol–water partition coefficient (Wildman–Crippen LogP) is 4.81. The molecule has 0 aliphatic rings. The van der Waals surface area contributed by atoms with Crippen molar-refractivity contribution in [2.75, 3.05) is 6.67 Å². The van der Waals surface area contributed by atoms with E-state index in [1.807, 2.05) is 0 Å². The van der Waals surface area contributed by atoms with Crippen LogP contribution in [0.3, 0.4) is 0 Å². The largest absolute Gasteiger partial charge is 0.507 e. The molecular formula is C25H38N2O2Si2. The Hall–Kier alpha value is -2.19. The number of phenols is 2. The first kappa shape index (κ1) is 25.1. The van der Waals surface area contributed by atoms with Gasteiger partial charge in [-0.1, -0.05) is 87.8 Å². The molecule has 2 rings (SSSR count). The van der Waals surface area contributed by atoms with Crippen LogP contribution in [0.1, 0.15) is 36.1 Å². The number of hydrogen-bond acceptors (Lipinski definition) is 4. The molecule has 0 bridgehead atoms. The summed E-state index contributed by atoms with van der Waals surface area (Å²) in [5.74, 6) is 0.621. The van der Waals surface area contributed by atoms with Gasteiger partial charge in [-0.3, -0.25) is 9.98 Å². The van der Waals surface area contributed by atoms with Gasteiger partial charge in [0.2, 0.25) is 0 Å². The lowest BCUT2D eigenvalue weighted by Crippen LogP contribution is -2.38. The number of aromatic hydroxyl groups is 2. The molecule has 0 aromatic heterocycles. The molecule has 0 aliphatic carbocycles. The number of benzene rings is 2. The Morgan fingerprint density at radius 1 is 0.677 bits per heavy atom. The number of aryl methyl sites for hydroxylation is 2. The van der Waals surface area contributed by atoms with Crippen molar-refractivity contribution in [3.8, 4) is 11.5 Å². The molecule has 31 heavy (non-hydrogen) atoms. The maximum atomic E-state index is 10.6. The molecule has 2 N–H and O–H groups in total. The monoisotopic (exact) mass is 454 g/mol. The van der Waals surface area contributed by atoms with E-state index in [4.69, 9.17) is 0 Å². The first-order valence-corrected chi connectivity index (χ1v) is 18.1. The Kier molecular flexibility index (Phi) is 8.06. The number of aliphatic imine (C=N–C) groups is 2. The van der Waals surface area contributed by atoms with E-state index in [1.54, 1.807) is 12.4 Å². The van der Waals surface area contributed by atoms with Crippen molar-refractivity contribution < 1.29 is 10.2 Å². The zero-order chi connectivity index (χ0) is 23.4. The lowest BCUT2D eigenvalue weighted by atomic mass is 10.1. The normalized spacial score (nSPS) is 12.9. The smallest absolute Gasteiger partial charge is 0.129 e. The molecule has 2 aromatic carbocycles. The Morgan fingerprint density at radius 3 is 1.32 bits per heavy atom. The van der Waals surface area contributed by atoms with Crippen molar-refractivity contribution in [3.63, 3.8) is 0 Å². The molecule has 0 atom stereocenters. The highest BCUT2D eigenvalue weighted by atomic mass is 28.3. The van der Waals surface area contributed by atoms with Crippen LogP contribution in [-0.4, -0.2) is 45.5 Å². The summed E-state index contributed by atoms with van der Waals surface area (Å²) in [5, 5.41) is 23.8. The van der Waals surface area contributed by atoms with Gasteiger partial charge in [0, 0.05) is 23.6 Å². The third-order valence-corrected chi connectivity index (χ3v) is 9.60. The van der Waals surface area contributed by atoms with Gasteiger partial charge in [-0.05, 0) is 24.0 Å². The van der Waals surface area contributed by atoms with Crippen LogP contribution < -0.4 is 10.4 Å². The quantitative estimate of drug-likeness (QED) is 0.444. The topological polar surface area (TPSA) is 65.2 Å². The van der Waals surface area contributed by atoms with E-state index >= 15 is 0 Å². The summed E-state index contributed by atoms with van der Waals surface area (Å²) in [6.45, 7) is 18.2. The highest BCUT2D eigenvalue weighted by Crippen LogP contribution is 2.23. The SMILES string of the molecule is CCc1cc([Si](C)(C)C)cc(C=NCN=Cc2cc([Si](C)(C)C)cc(CC)c2O)c1O. The van der Waals surface area contributed by atoms with E-state index in [0.717, 1.165) is 35.1 Å². The molecular weight excluding hydrogens is 416 g/mol. The standard InChI is InChI=1S/C25H38N2O2Si2/c1-9-18-11-22(30(3,4)5)13-20(24(18)28)15-26-17-27-16-21-14-23(31(6,7)8)12-19(10-2)25(21)29/h11-16,28-29H,9-10,17H2,1-8H3. The fourth-order valence-corrected chi connectivity index (χ4v) is 5.76. The van der Waals surface area contributed by atoms with Gasteiger partial charge < -0.3 is 10.2 Å². The lowest BCUT2D eigenvalue weighted by molar-refractivity contribution is 0.468. The zero-order valence-electron chi connectivity index (χ0n) is 20.4. The Morgan fingerprint density at radius 2 is 1.03 bits per heavy atom. The van der Waals surface area contributed by atoms with E-state index in [-0.39, 0.29) is 6.67 Å². The third-order valence-electron chi connectivity index (χ3n) is 5.55. The van der Waals surface area contributed by atoms with E-state index in [0.29, 0.717) is 11.5 Å². The molecule has 0 heterocycles. The van der Waals surface area contributed by atoms with Crippen molar-refractivity contribution >= 4 is 39.0 Å². The van der Waals surface area contributed by atoms with Gasteiger partial charge >= 0.3 is 0 Å². The molecule has 4 nitrogen and oxygen atoms in total. The van der Waals surface area contributed by atoms with Gasteiger partial charge in [0.15, 0.2) is 0 Å². The summed E-state index contributed by atoms with van der Waals surface area (Å²) < 4.78 is 0. The molecule has 6 heteroatoms. The van der Waals surface area contributed by atoms with Gasteiger partial charge in [-0.2, -0.15) is 0 Å². The van der Waals surface area contributed by atoms with E-state index in [2.05, 4.69) is 87.4 Å². The van der Waals surface area contributed by atoms with Crippen LogP contribution in [0.5, 0.6) is 11.5 Å². The molecule has 0 saturated carbocycles. The molecule has 0 spiro atoms. The van der Waals surface area contributed by atoms with Crippen LogP contribution in [0.4, 0.5) is 0 Å². The average molecular weight is 455 g/mol. The second kappa shape index (κ2) is 9.96. The van der Waals surface area contributed by atoms with Crippen LogP contribution in [0.2, 0.25) is 39.3 Å². The van der Waals surface area contributed by atoms with Crippen LogP contribution >= 0.6 is 0 Å². The number of hydrogen-bond donors (Lipinski definition) is 2. The van der Waals surface area contributed by atoms with E-state index in [1.165, 1.54) is 10.4 Å². The molecule has 0 radical (unpaired) electrons. The zero-order valence-corrected chi connectivity index (χ0v) is 22.4. The molecule has 0 amide bonds. The number of phenolic OH excluding ortho intramolecular Hbond substituents is 2. The third kappa shape index (κ3) is 6.40. The minimum atomic E-state index is -1.50. The van der Waals surface area contributed by atoms with Crippen molar-refractivity contribution in [2.45, 2.75) is 66.0 Å². The molecule has 0 aliphatic heterocycles. The Labute approximate surface area is 189 Å². The first-order chi connectivity index (χ1) is 14.4. The van der Waals surface area contributed by atoms with Crippen molar-refractivity contribution in [3.05, 3.63) is 46.5 Å². The van der Waals surface area contributed by atoms with Gasteiger partial charge in [0.1, 0.15) is 18.2 Å². The van der Waals surface area contributed by atoms with E-state index < -0.39 is 16.1 Å². The highest BCUT2D eigenvalue weighted by Gasteiger charge is 2.20. The second-order valence-corrected chi connectivity index (χ2v) is 20.3. The summed E-state index contributed by atoms with van der Waals surface area (Å²) in [6.07, 6.45) is 5.00. The summed E-state index contributed by atoms with van der Waals surface area (Å²) >= 11 is 0. The van der Waals surface area contributed by atoms with Gasteiger partial charge in [-0.15, -0.1) is 0 Å². The van der Waals surface area contributed by atoms with Gasteiger partial charge in [0.25, 0.3) is 0 Å². The van der Waals surface area contributed by atoms with Gasteiger partial charge in [-0.25, -0.2) is 0 Å². The minimum Gasteiger partial charge on any atom is -0.507 e. The van der Waals surface area contributed by atoms with Crippen LogP contribution in [0, 0.1) is 0 Å². The molecule has 0 saturated heterocycles. The molecule has 168 valence electrons. The summed E-state index contributed by atoms with van der Waals surface area (Å²) in [7, 11) is -2.99. The second-order valence-electron chi connectivity index (χ2n) is 10.1. The maximum Gasteiger partial charge on any atom is 0.129 e. The fourth-order valence-electron chi connectivity index (χ4n) is 3.37. The Bertz CT molecular complexity index is 905. The molecule has 2 aromatic rings. The Balaban J connectivity index is 2.26. The van der Waals surface area contributed by atoms with Gasteiger partial charge in [0.05, 0.1) is 16.1 Å². The molecule has 0 unspecified atom stereocenters. The lowest BCUT2D eigenvalue weighted by Gasteiger charge is -2.19. The van der Waals surface area contributed by atoms with Crippen molar-refractivity contribution in [2.24, 2.45) is 9.98 Å².